The molecule has 1 amide bonds. The summed E-state index contributed by atoms with van der Waals surface area (Å²) in [6, 6.07) is 7.76. The van der Waals surface area contributed by atoms with Crippen LogP contribution < -0.4 is 10.6 Å². The van der Waals surface area contributed by atoms with Gasteiger partial charge in [0.15, 0.2) is 5.96 Å². The number of nitrogens with one attached hydrogen (secondary N) is 2. The zero-order valence-corrected chi connectivity index (χ0v) is 19.1. The summed E-state index contributed by atoms with van der Waals surface area (Å²) in [4.78, 5) is 18.9. The van der Waals surface area contributed by atoms with Crippen molar-refractivity contribution < 1.29 is 14.3 Å². The lowest BCUT2D eigenvalue weighted by molar-refractivity contribution is -0.0586. The van der Waals surface area contributed by atoms with Crippen molar-refractivity contribution >= 4 is 11.9 Å². The molecule has 0 spiro atoms. The Labute approximate surface area is 181 Å². The van der Waals surface area contributed by atoms with Gasteiger partial charge in [-0.3, -0.25) is 9.79 Å². The van der Waals surface area contributed by atoms with Crippen molar-refractivity contribution in [2.45, 2.75) is 52.9 Å². The fraction of sp³-hybridized carbons (Fsp3) is 0.652. The molecule has 0 saturated carbocycles. The third kappa shape index (κ3) is 8.32. The number of amides is 1. The van der Waals surface area contributed by atoms with Crippen molar-refractivity contribution in [1.82, 2.24) is 15.5 Å². The van der Waals surface area contributed by atoms with Crippen LogP contribution in [0.5, 0.6) is 0 Å². The second-order valence-corrected chi connectivity index (χ2v) is 8.34. The van der Waals surface area contributed by atoms with Gasteiger partial charge in [-0.2, -0.15) is 0 Å². The van der Waals surface area contributed by atoms with E-state index in [0.29, 0.717) is 31.1 Å². The molecule has 2 N–H and O–H groups in total. The van der Waals surface area contributed by atoms with Crippen LogP contribution in [0, 0.1) is 5.92 Å². The van der Waals surface area contributed by atoms with Crippen LogP contribution in [0.25, 0.3) is 0 Å². The molecule has 2 rings (SSSR count). The SMILES string of the molecule is CN=C(NCCCOCC(C)C)NCc1ccc(C(=O)N2CC(C)OC(C)C2)cc1. The van der Waals surface area contributed by atoms with Crippen LogP contribution in [-0.2, 0) is 16.0 Å². The molecule has 1 saturated heterocycles. The van der Waals surface area contributed by atoms with E-state index < -0.39 is 0 Å². The van der Waals surface area contributed by atoms with Gasteiger partial charge in [0.2, 0.25) is 0 Å². The maximum absolute atomic E-state index is 12.8. The number of guanidine groups is 1. The van der Waals surface area contributed by atoms with E-state index in [1.165, 1.54) is 0 Å². The van der Waals surface area contributed by atoms with Crippen LogP contribution in [0.1, 0.15) is 50.0 Å². The number of hydrogen-bond donors (Lipinski definition) is 2. The van der Waals surface area contributed by atoms with E-state index in [9.17, 15) is 4.79 Å². The molecule has 7 nitrogen and oxygen atoms in total. The Kier molecular flexibility index (Phi) is 10.1. The summed E-state index contributed by atoms with van der Waals surface area (Å²) in [6.07, 6.45) is 1.08. The van der Waals surface area contributed by atoms with Crippen molar-refractivity contribution in [3.05, 3.63) is 35.4 Å². The molecule has 2 unspecified atom stereocenters. The van der Waals surface area contributed by atoms with Crippen LogP contribution in [0.2, 0.25) is 0 Å². The number of hydrogen-bond acceptors (Lipinski definition) is 4. The number of rotatable bonds is 9. The number of carbonyl (C=O) groups is 1. The second-order valence-electron chi connectivity index (χ2n) is 8.34. The lowest BCUT2D eigenvalue weighted by Crippen LogP contribution is -2.48. The highest BCUT2D eigenvalue weighted by molar-refractivity contribution is 5.94. The highest BCUT2D eigenvalue weighted by atomic mass is 16.5. The smallest absolute Gasteiger partial charge is 0.254 e. The minimum atomic E-state index is 0.0636. The summed E-state index contributed by atoms with van der Waals surface area (Å²) in [5.74, 6) is 1.39. The van der Waals surface area contributed by atoms with E-state index >= 15 is 0 Å². The van der Waals surface area contributed by atoms with Crippen LogP contribution in [0.3, 0.4) is 0 Å². The van der Waals surface area contributed by atoms with E-state index in [1.54, 1.807) is 7.05 Å². The first-order valence-corrected chi connectivity index (χ1v) is 10.9. The van der Waals surface area contributed by atoms with E-state index in [-0.39, 0.29) is 18.1 Å². The Hall–Kier alpha value is -2.12. The zero-order chi connectivity index (χ0) is 21.9. The molecular weight excluding hydrogens is 380 g/mol. The molecule has 7 heteroatoms. The highest BCUT2D eigenvalue weighted by Crippen LogP contribution is 2.15. The largest absolute Gasteiger partial charge is 0.381 e. The normalized spacial score (nSPS) is 19.8. The fourth-order valence-corrected chi connectivity index (χ4v) is 3.40. The molecule has 0 bridgehead atoms. The predicted octanol–water partition coefficient (Wildman–Crippen LogP) is 2.66. The first kappa shape index (κ1) is 24.2. The van der Waals surface area contributed by atoms with Gasteiger partial charge in [0.1, 0.15) is 0 Å². The third-order valence-corrected chi connectivity index (χ3v) is 4.80. The predicted molar refractivity (Wildman–Crippen MR) is 121 cm³/mol. The number of morpholine rings is 1. The van der Waals surface area contributed by atoms with Crippen molar-refractivity contribution in [1.29, 1.82) is 0 Å². The van der Waals surface area contributed by atoms with Crippen LogP contribution in [0.15, 0.2) is 29.3 Å². The summed E-state index contributed by atoms with van der Waals surface area (Å²) in [6.45, 7) is 12.6. The average Bonchev–Trinajstić information content (AvgIpc) is 2.71. The number of nitrogens with zero attached hydrogens (tertiary/aromatic N) is 2. The van der Waals surface area contributed by atoms with Crippen molar-refractivity contribution in [2.75, 3.05) is 39.9 Å². The molecule has 1 aliphatic rings. The molecular formula is C23H38N4O3. The summed E-state index contributed by atoms with van der Waals surface area (Å²) in [5.41, 5.74) is 1.81. The summed E-state index contributed by atoms with van der Waals surface area (Å²) in [7, 11) is 1.76. The van der Waals surface area contributed by atoms with Gasteiger partial charge in [0.25, 0.3) is 5.91 Å². The quantitative estimate of drug-likeness (QED) is 0.366. The maximum atomic E-state index is 12.8. The van der Waals surface area contributed by atoms with E-state index in [0.717, 1.165) is 37.7 Å². The van der Waals surface area contributed by atoms with Gasteiger partial charge in [-0.1, -0.05) is 26.0 Å². The molecule has 30 heavy (non-hydrogen) atoms. The summed E-state index contributed by atoms with van der Waals surface area (Å²) >= 11 is 0. The lowest BCUT2D eigenvalue weighted by Gasteiger charge is -2.35. The molecule has 1 aliphatic heterocycles. The summed E-state index contributed by atoms with van der Waals surface area (Å²) in [5, 5.41) is 6.60. The average molecular weight is 419 g/mol. The summed E-state index contributed by atoms with van der Waals surface area (Å²) < 4.78 is 11.3. The fourth-order valence-electron chi connectivity index (χ4n) is 3.40. The Morgan fingerprint density at radius 1 is 1.20 bits per heavy atom. The number of carbonyl (C=O) groups excluding carboxylic acids is 1. The molecule has 1 aromatic carbocycles. The maximum Gasteiger partial charge on any atom is 0.254 e. The molecule has 0 radical (unpaired) electrons. The molecule has 0 aromatic heterocycles. The molecule has 1 aromatic rings. The third-order valence-electron chi connectivity index (χ3n) is 4.80. The number of benzene rings is 1. The van der Waals surface area contributed by atoms with Gasteiger partial charge in [-0.15, -0.1) is 0 Å². The van der Waals surface area contributed by atoms with Gasteiger partial charge in [-0.05, 0) is 43.9 Å². The molecule has 168 valence electrons. The molecule has 0 aliphatic carbocycles. The van der Waals surface area contributed by atoms with Gasteiger partial charge in [0, 0.05) is 52.0 Å². The van der Waals surface area contributed by atoms with Crippen molar-refractivity contribution in [3.63, 3.8) is 0 Å². The minimum absolute atomic E-state index is 0.0636. The van der Waals surface area contributed by atoms with Gasteiger partial charge in [-0.25, -0.2) is 0 Å². The van der Waals surface area contributed by atoms with E-state index in [4.69, 9.17) is 9.47 Å². The molecule has 1 heterocycles. The highest BCUT2D eigenvalue weighted by Gasteiger charge is 2.26. The van der Waals surface area contributed by atoms with Crippen LogP contribution >= 0.6 is 0 Å². The first-order valence-electron chi connectivity index (χ1n) is 10.9. The topological polar surface area (TPSA) is 75.2 Å². The number of ether oxygens (including phenoxy) is 2. The Morgan fingerprint density at radius 2 is 1.87 bits per heavy atom. The Morgan fingerprint density at radius 3 is 2.47 bits per heavy atom. The number of aliphatic imine (C=N–C) groups is 1. The lowest BCUT2D eigenvalue weighted by atomic mass is 10.1. The van der Waals surface area contributed by atoms with Gasteiger partial charge < -0.3 is 25.0 Å². The van der Waals surface area contributed by atoms with Gasteiger partial charge in [0.05, 0.1) is 12.2 Å². The van der Waals surface area contributed by atoms with Crippen LogP contribution in [-0.4, -0.2) is 68.9 Å². The molecule has 2 atom stereocenters. The van der Waals surface area contributed by atoms with Gasteiger partial charge >= 0.3 is 0 Å². The zero-order valence-electron chi connectivity index (χ0n) is 19.1. The van der Waals surface area contributed by atoms with E-state index in [1.807, 2.05) is 43.0 Å². The minimum Gasteiger partial charge on any atom is -0.381 e. The van der Waals surface area contributed by atoms with Crippen molar-refractivity contribution in [3.8, 4) is 0 Å². The Balaban J connectivity index is 1.74. The monoisotopic (exact) mass is 418 g/mol. The second kappa shape index (κ2) is 12.5. The van der Waals surface area contributed by atoms with E-state index in [2.05, 4.69) is 29.5 Å². The molecule has 1 fully saturated rings. The van der Waals surface area contributed by atoms with Crippen LogP contribution in [0.4, 0.5) is 0 Å². The van der Waals surface area contributed by atoms with Crippen molar-refractivity contribution in [2.24, 2.45) is 10.9 Å². The standard InChI is InChI=1S/C23H38N4O3/c1-17(2)16-29-12-6-11-25-23(24-5)26-13-20-7-9-21(10-8-20)22(28)27-14-18(3)30-19(4)15-27/h7-10,17-19H,6,11-16H2,1-5H3,(H2,24,25,26). The first-order chi connectivity index (χ1) is 14.4. The Bertz CT molecular complexity index is 666.